The maximum absolute atomic E-state index is 11.6. The Hall–Kier alpha value is -3.59. The smallest absolute Gasteiger partial charge is 0.352 e. The topological polar surface area (TPSA) is 120 Å². The number of carboxylic acids is 1. The van der Waals surface area contributed by atoms with Gasteiger partial charge in [-0.25, -0.2) is 19.7 Å². The summed E-state index contributed by atoms with van der Waals surface area (Å²) in [6, 6.07) is 3.75. The predicted molar refractivity (Wildman–Crippen MR) is 135 cm³/mol. The summed E-state index contributed by atoms with van der Waals surface area (Å²) in [6.45, 7) is 6.51. The number of rotatable bonds is 5. The zero-order chi connectivity index (χ0) is 24.3. The molecule has 9 nitrogen and oxygen atoms in total. The van der Waals surface area contributed by atoms with Crippen LogP contribution in [0.5, 0.6) is 0 Å². The second-order valence-corrected chi connectivity index (χ2v) is 10.5. The minimum absolute atomic E-state index is 0.0676. The highest BCUT2D eigenvalue weighted by molar-refractivity contribution is 6.00. The number of aromatic amines is 1. The highest BCUT2D eigenvalue weighted by Crippen LogP contribution is 2.45. The summed E-state index contributed by atoms with van der Waals surface area (Å²) in [4.78, 5) is 35.7. The van der Waals surface area contributed by atoms with Crippen molar-refractivity contribution in [2.75, 3.05) is 25.0 Å². The molecule has 6 rings (SSSR count). The van der Waals surface area contributed by atoms with Crippen molar-refractivity contribution in [2.24, 2.45) is 5.41 Å². The largest absolute Gasteiger partial charge is 0.477 e. The Morgan fingerprint density at radius 3 is 2.77 bits per heavy atom. The van der Waals surface area contributed by atoms with E-state index >= 15 is 0 Å². The van der Waals surface area contributed by atoms with Crippen molar-refractivity contribution >= 4 is 33.7 Å². The molecule has 0 spiro atoms. The summed E-state index contributed by atoms with van der Waals surface area (Å²) in [6.07, 6.45) is 8.80. The fourth-order valence-corrected chi connectivity index (χ4v) is 5.53. The Labute approximate surface area is 203 Å². The van der Waals surface area contributed by atoms with Crippen molar-refractivity contribution in [3.8, 4) is 11.4 Å². The van der Waals surface area contributed by atoms with E-state index in [0.29, 0.717) is 28.8 Å². The van der Waals surface area contributed by atoms with Gasteiger partial charge in [-0.2, -0.15) is 0 Å². The molecular weight excluding hydrogens is 442 g/mol. The molecule has 0 amide bonds. The van der Waals surface area contributed by atoms with Crippen molar-refractivity contribution in [2.45, 2.75) is 45.1 Å². The van der Waals surface area contributed by atoms with Crippen LogP contribution in [-0.4, -0.2) is 62.2 Å². The van der Waals surface area contributed by atoms with Crippen molar-refractivity contribution in [3.63, 3.8) is 0 Å². The van der Waals surface area contributed by atoms with Gasteiger partial charge in [0.15, 0.2) is 5.82 Å². The van der Waals surface area contributed by atoms with E-state index in [2.05, 4.69) is 46.1 Å². The van der Waals surface area contributed by atoms with Crippen molar-refractivity contribution in [1.29, 1.82) is 0 Å². The summed E-state index contributed by atoms with van der Waals surface area (Å²) in [5, 5.41) is 14.8. The molecule has 4 aromatic rings. The average Bonchev–Trinajstić information content (AvgIpc) is 3.59. The first-order chi connectivity index (χ1) is 16.8. The minimum Gasteiger partial charge on any atom is -0.477 e. The lowest BCUT2D eigenvalue weighted by molar-refractivity contribution is 0.0691. The first-order valence-corrected chi connectivity index (χ1v) is 12.1. The average molecular weight is 472 g/mol. The summed E-state index contributed by atoms with van der Waals surface area (Å²) >= 11 is 0. The van der Waals surface area contributed by atoms with Crippen LogP contribution in [0.15, 0.2) is 30.7 Å². The SMILES string of the molecule is CN(c1nc(-c2ccnc3[nH]c(C(=O)O)cc23)nc2cncc(C3CC3)c12)C1CCNCC1(C)C. The zero-order valence-electron chi connectivity index (χ0n) is 20.2. The highest BCUT2D eigenvalue weighted by Gasteiger charge is 2.37. The van der Waals surface area contributed by atoms with E-state index in [9.17, 15) is 9.90 Å². The molecule has 180 valence electrons. The number of carbonyl (C=O) groups is 1. The number of fused-ring (bicyclic) bond motifs is 2. The molecule has 0 radical (unpaired) electrons. The van der Waals surface area contributed by atoms with Crippen LogP contribution in [0.25, 0.3) is 33.3 Å². The van der Waals surface area contributed by atoms with Gasteiger partial charge in [0.25, 0.3) is 0 Å². The van der Waals surface area contributed by atoms with Gasteiger partial charge < -0.3 is 20.3 Å². The van der Waals surface area contributed by atoms with Crippen molar-refractivity contribution in [1.82, 2.24) is 30.2 Å². The molecule has 1 saturated carbocycles. The van der Waals surface area contributed by atoms with Crippen LogP contribution < -0.4 is 10.2 Å². The van der Waals surface area contributed by atoms with Gasteiger partial charge in [0, 0.05) is 48.4 Å². The molecule has 0 bridgehead atoms. The van der Waals surface area contributed by atoms with Crippen LogP contribution in [0.1, 0.15) is 55.1 Å². The highest BCUT2D eigenvalue weighted by atomic mass is 16.4. The predicted octanol–water partition coefficient (Wildman–Crippen LogP) is 3.97. The number of pyridine rings is 2. The van der Waals surface area contributed by atoms with Crippen LogP contribution in [0.3, 0.4) is 0 Å². The quantitative estimate of drug-likeness (QED) is 0.400. The van der Waals surface area contributed by atoms with Crippen molar-refractivity contribution in [3.05, 3.63) is 42.0 Å². The lowest BCUT2D eigenvalue weighted by atomic mass is 9.79. The van der Waals surface area contributed by atoms with Crippen molar-refractivity contribution < 1.29 is 9.90 Å². The number of hydrogen-bond acceptors (Lipinski definition) is 7. The Morgan fingerprint density at radius 1 is 1.20 bits per heavy atom. The zero-order valence-corrected chi connectivity index (χ0v) is 20.2. The summed E-state index contributed by atoms with van der Waals surface area (Å²) in [7, 11) is 2.14. The molecule has 2 aliphatic rings. The first kappa shape index (κ1) is 21.9. The van der Waals surface area contributed by atoms with E-state index in [4.69, 9.17) is 9.97 Å². The Kier molecular flexibility index (Phi) is 5.00. The number of nitrogens with zero attached hydrogens (tertiary/aromatic N) is 5. The molecule has 1 unspecified atom stereocenters. The van der Waals surface area contributed by atoms with Crippen LogP contribution in [-0.2, 0) is 0 Å². The number of H-pyrrole nitrogens is 1. The first-order valence-electron chi connectivity index (χ1n) is 12.1. The summed E-state index contributed by atoms with van der Waals surface area (Å²) in [5.41, 5.74) is 3.44. The fraction of sp³-hybridized carbons (Fsp3) is 0.423. The number of hydrogen-bond donors (Lipinski definition) is 3. The van der Waals surface area contributed by atoms with Gasteiger partial charge in [-0.15, -0.1) is 0 Å². The van der Waals surface area contributed by atoms with Crippen LogP contribution in [0.4, 0.5) is 5.82 Å². The number of carboxylic acid groups (broad SMARTS) is 1. The summed E-state index contributed by atoms with van der Waals surface area (Å²) in [5.74, 6) is 0.932. The molecule has 4 aromatic heterocycles. The number of piperidine rings is 1. The van der Waals surface area contributed by atoms with Gasteiger partial charge in [0.2, 0.25) is 0 Å². The molecule has 1 atom stereocenters. The van der Waals surface area contributed by atoms with Gasteiger partial charge in [-0.05, 0) is 54.8 Å². The van der Waals surface area contributed by atoms with E-state index in [1.807, 2.05) is 18.5 Å². The summed E-state index contributed by atoms with van der Waals surface area (Å²) < 4.78 is 0. The lowest BCUT2D eigenvalue weighted by Gasteiger charge is -2.45. The molecule has 3 N–H and O–H groups in total. The standard InChI is InChI=1S/C26H29N7O2/c1-26(2)13-27-8-7-20(26)33(3)24-21-17(14-4-5-14)11-28-12-19(21)31-23(32-24)15-6-9-29-22-16(15)10-18(30-22)25(34)35/h6,9-12,14,20,27H,4-5,7-8,13H2,1-3H3,(H,29,30)(H,34,35). The van der Waals surface area contributed by atoms with E-state index in [0.717, 1.165) is 54.6 Å². The van der Waals surface area contributed by atoms with Gasteiger partial charge >= 0.3 is 5.97 Å². The molecule has 1 aliphatic carbocycles. The third kappa shape index (κ3) is 3.70. The van der Waals surface area contributed by atoms with Gasteiger partial charge in [-0.3, -0.25) is 4.98 Å². The fourth-order valence-electron chi connectivity index (χ4n) is 5.53. The molecule has 1 aliphatic heterocycles. The molecule has 0 aromatic carbocycles. The molecule has 35 heavy (non-hydrogen) atoms. The molecule has 9 heteroatoms. The van der Waals surface area contributed by atoms with Crippen LogP contribution >= 0.6 is 0 Å². The second kappa shape index (κ2) is 7.98. The molecular formula is C26H29N7O2. The maximum Gasteiger partial charge on any atom is 0.352 e. The minimum atomic E-state index is -1.03. The molecule has 5 heterocycles. The Bertz CT molecular complexity index is 1460. The van der Waals surface area contributed by atoms with Gasteiger partial charge in [0.05, 0.1) is 11.7 Å². The normalized spacial score (nSPS) is 19.8. The molecule has 2 fully saturated rings. The second-order valence-electron chi connectivity index (χ2n) is 10.5. The number of anilines is 1. The number of aromatic carboxylic acids is 1. The maximum atomic E-state index is 11.6. The monoisotopic (exact) mass is 471 g/mol. The van der Waals surface area contributed by atoms with Crippen LogP contribution in [0.2, 0.25) is 0 Å². The van der Waals surface area contributed by atoms with Gasteiger partial charge in [-0.1, -0.05) is 13.8 Å². The number of nitrogens with one attached hydrogen (secondary N) is 2. The van der Waals surface area contributed by atoms with Gasteiger partial charge in [0.1, 0.15) is 17.2 Å². The number of aromatic nitrogens is 5. The Balaban J connectivity index is 1.58. The van der Waals surface area contributed by atoms with Crippen LogP contribution in [0, 0.1) is 5.41 Å². The van der Waals surface area contributed by atoms with E-state index in [1.54, 1.807) is 12.3 Å². The lowest BCUT2D eigenvalue weighted by Crippen LogP contribution is -2.53. The van der Waals surface area contributed by atoms with E-state index in [1.165, 1.54) is 5.56 Å². The van der Waals surface area contributed by atoms with E-state index < -0.39 is 5.97 Å². The third-order valence-electron chi connectivity index (χ3n) is 7.52. The molecule has 1 saturated heterocycles. The van der Waals surface area contributed by atoms with E-state index in [-0.39, 0.29) is 11.1 Å². The Morgan fingerprint density at radius 2 is 2.03 bits per heavy atom. The third-order valence-corrected chi connectivity index (χ3v) is 7.52.